The Balaban J connectivity index is 2.27. The molecule has 2 aromatic rings. The van der Waals surface area contributed by atoms with E-state index in [1.54, 1.807) is 12.4 Å². The van der Waals surface area contributed by atoms with E-state index in [4.69, 9.17) is 0 Å². The quantitative estimate of drug-likeness (QED) is 0.933. The summed E-state index contributed by atoms with van der Waals surface area (Å²) in [6.07, 6.45) is 7.12. The Morgan fingerprint density at radius 1 is 1.19 bits per heavy atom. The van der Waals surface area contributed by atoms with Crippen molar-refractivity contribution < 1.29 is 0 Å². The Kier molecular flexibility index (Phi) is 3.58. The van der Waals surface area contributed by atoms with E-state index in [-0.39, 0.29) is 0 Å². The highest BCUT2D eigenvalue weighted by atomic mass is 79.9. The third kappa shape index (κ3) is 2.62. The van der Waals surface area contributed by atoms with Gasteiger partial charge in [0.1, 0.15) is 0 Å². The minimum atomic E-state index is 0.689. The number of halogens is 1. The van der Waals surface area contributed by atoms with E-state index in [1.807, 2.05) is 25.5 Å². The van der Waals surface area contributed by atoms with Gasteiger partial charge in [-0.1, -0.05) is 0 Å². The summed E-state index contributed by atoms with van der Waals surface area (Å²) in [6.45, 7) is 0.775. The molecule has 0 saturated carbocycles. The highest BCUT2D eigenvalue weighted by molar-refractivity contribution is 9.10. The largest absolute Gasteiger partial charge is 0.316 e. The molecule has 0 fully saturated rings. The molecule has 0 aromatic carbocycles. The number of hydrogen-bond donors (Lipinski definition) is 1. The standard InChI is InChI=1S/C11H11BrN4/c1-13-3-8-4-15-11(16-5-8)9-2-10(12)7-14-6-9/h2,4-7,13H,3H2,1H3. The van der Waals surface area contributed by atoms with Crippen LogP contribution >= 0.6 is 15.9 Å². The molecule has 0 unspecified atom stereocenters. The van der Waals surface area contributed by atoms with Crippen LogP contribution in [-0.4, -0.2) is 22.0 Å². The topological polar surface area (TPSA) is 50.7 Å². The van der Waals surface area contributed by atoms with Crippen LogP contribution in [0.3, 0.4) is 0 Å². The molecular weight excluding hydrogens is 268 g/mol. The molecule has 0 radical (unpaired) electrons. The van der Waals surface area contributed by atoms with Gasteiger partial charge in [0.25, 0.3) is 0 Å². The second kappa shape index (κ2) is 5.14. The summed E-state index contributed by atoms with van der Waals surface area (Å²) in [6, 6.07) is 1.94. The lowest BCUT2D eigenvalue weighted by molar-refractivity contribution is 0.807. The van der Waals surface area contributed by atoms with Crippen molar-refractivity contribution in [3.8, 4) is 11.4 Å². The number of pyridine rings is 1. The van der Waals surface area contributed by atoms with Gasteiger partial charge in [0, 0.05) is 46.9 Å². The molecule has 0 aliphatic carbocycles. The van der Waals surface area contributed by atoms with E-state index in [2.05, 4.69) is 36.2 Å². The summed E-state index contributed by atoms with van der Waals surface area (Å²) in [5.74, 6) is 0.689. The van der Waals surface area contributed by atoms with Crippen LogP contribution in [0.4, 0.5) is 0 Å². The van der Waals surface area contributed by atoms with E-state index >= 15 is 0 Å². The van der Waals surface area contributed by atoms with Crippen LogP contribution < -0.4 is 5.32 Å². The van der Waals surface area contributed by atoms with E-state index in [0.29, 0.717) is 5.82 Å². The highest BCUT2D eigenvalue weighted by Crippen LogP contribution is 2.17. The summed E-state index contributed by atoms with van der Waals surface area (Å²) in [4.78, 5) is 12.7. The van der Waals surface area contributed by atoms with Crippen LogP contribution in [0.5, 0.6) is 0 Å². The number of aromatic nitrogens is 3. The summed E-state index contributed by atoms with van der Waals surface area (Å²) in [5.41, 5.74) is 1.97. The van der Waals surface area contributed by atoms with Gasteiger partial charge in [-0.2, -0.15) is 0 Å². The highest BCUT2D eigenvalue weighted by Gasteiger charge is 2.02. The lowest BCUT2D eigenvalue weighted by atomic mass is 10.2. The van der Waals surface area contributed by atoms with Crippen LogP contribution in [0.2, 0.25) is 0 Å². The van der Waals surface area contributed by atoms with Crippen molar-refractivity contribution in [1.29, 1.82) is 0 Å². The molecule has 0 atom stereocenters. The number of rotatable bonds is 3. The van der Waals surface area contributed by atoms with E-state index < -0.39 is 0 Å². The normalized spacial score (nSPS) is 10.4. The van der Waals surface area contributed by atoms with Crippen molar-refractivity contribution >= 4 is 15.9 Å². The van der Waals surface area contributed by atoms with Gasteiger partial charge in [-0.05, 0) is 29.0 Å². The van der Waals surface area contributed by atoms with Gasteiger partial charge in [0.15, 0.2) is 5.82 Å². The minimum absolute atomic E-state index is 0.689. The molecule has 1 N–H and O–H groups in total. The van der Waals surface area contributed by atoms with Gasteiger partial charge in [-0.3, -0.25) is 4.98 Å². The zero-order valence-corrected chi connectivity index (χ0v) is 10.4. The first-order valence-electron chi connectivity index (χ1n) is 4.86. The average molecular weight is 279 g/mol. The van der Waals surface area contributed by atoms with Gasteiger partial charge in [0.05, 0.1) is 0 Å². The molecule has 0 saturated heterocycles. The molecule has 82 valence electrons. The van der Waals surface area contributed by atoms with Gasteiger partial charge >= 0.3 is 0 Å². The molecule has 16 heavy (non-hydrogen) atoms. The molecule has 2 heterocycles. The maximum Gasteiger partial charge on any atom is 0.160 e. The number of hydrogen-bond acceptors (Lipinski definition) is 4. The Hall–Kier alpha value is -1.33. The second-order valence-electron chi connectivity index (χ2n) is 3.34. The Labute approximate surface area is 102 Å². The Bertz CT molecular complexity index is 470. The molecule has 2 aromatic heterocycles. The van der Waals surface area contributed by atoms with Gasteiger partial charge < -0.3 is 5.32 Å². The van der Waals surface area contributed by atoms with E-state index in [1.165, 1.54) is 0 Å². The predicted molar refractivity (Wildman–Crippen MR) is 65.7 cm³/mol. The molecular formula is C11H11BrN4. The number of nitrogens with one attached hydrogen (secondary N) is 1. The van der Waals surface area contributed by atoms with Crippen molar-refractivity contribution in [2.24, 2.45) is 0 Å². The van der Waals surface area contributed by atoms with Crippen molar-refractivity contribution in [1.82, 2.24) is 20.3 Å². The first-order chi connectivity index (χ1) is 7.79. The summed E-state index contributed by atoms with van der Waals surface area (Å²) in [7, 11) is 1.89. The van der Waals surface area contributed by atoms with Gasteiger partial charge in [-0.15, -0.1) is 0 Å². The van der Waals surface area contributed by atoms with Crippen LogP contribution in [0.25, 0.3) is 11.4 Å². The summed E-state index contributed by atoms with van der Waals surface area (Å²) < 4.78 is 0.924. The molecule has 5 heteroatoms. The SMILES string of the molecule is CNCc1cnc(-c2cncc(Br)c2)nc1. The maximum atomic E-state index is 4.30. The van der Waals surface area contributed by atoms with Crippen LogP contribution in [0, 0.1) is 0 Å². The van der Waals surface area contributed by atoms with Crippen LogP contribution in [-0.2, 0) is 6.54 Å². The maximum absolute atomic E-state index is 4.30. The average Bonchev–Trinajstić information content (AvgIpc) is 2.30. The Morgan fingerprint density at radius 3 is 2.56 bits per heavy atom. The molecule has 0 aliphatic heterocycles. The van der Waals surface area contributed by atoms with Crippen molar-refractivity contribution in [3.05, 3.63) is 40.9 Å². The van der Waals surface area contributed by atoms with Crippen molar-refractivity contribution in [2.45, 2.75) is 6.54 Å². The zero-order chi connectivity index (χ0) is 11.4. The van der Waals surface area contributed by atoms with Crippen molar-refractivity contribution in [2.75, 3.05) is 7.05 Å². The smallest absolute Gasteiger partial charge is 0.160 e. The summed E-state index contributed by atoms with van der Waals surface area (Å²) in [5, 5.41) is 3.05. The number of nitrogens with zero attached hydrogens (tertiary/aromatic N) is 3. The molecule has 0 spiro atoms. The third-order valence-electron chi connectivity index (χ3n) is 2.05. The third-order valence-corrected chi connectivity index (χ3v) is 2.48. The predicted octanol–water partition coefficient (Wildman–Crippen LogP) is 2.02. The first-order valence-corrected chi connectivity index (χ1v) is 5.65. The second-order valence-corrected chi connectivity index (χ2v) is 4.25. The monoisotopic (exact) mass is 278 g/mol. The van der Waals surface area contributed by atoms with E-state index in [0.717, 1.165) is 22.1 Å². The molecule has 4 nitrogen and oxygen atoms in total. The van der Waals surface area contributed by atoms with Gasteiger partial charge in [0.2, 0.25) is 0 Å². The fourth-order valence-electron chi connectivity index (χ4n) is 1.33. The molecule has 0 aliphatic rings. The van der Waals surface area contributed by atoms with Crippen LogP contribution in [0.1, 0.15) is 5.56 Å². The van der Waals surface area contributed by atoms with E-state index in [9.17, 15) is 0 Å². The minimum Gasteiger partial charge on any atom is -0.316 e. The van der Waals surface area contributed by atoms with Crippen LogP contribution in [0.15, 0.2) is 35.3 Å². The fourth-order valence-corrected chi connectivity index (χ4v) is 1.70. The lowest BCUT2D eigenvalue weighted by Gasteiger charge is -2.02. The molecule has 0 bridgehead atoms. The molecule has 0 amide bonds. The lowest BCUT2D eigenvalue weighted by Crippen LogP contribution is -2.06. The summed E-state index contributed by atoms with van der Waals surface area (Å²) >= 11 is 3.37. The molecule has 2 rings (SSSR count). The van der Waals surface area contributed by atoms with Crippen molar-refractivity contribution in [3.63, 3.8) is 0 Å². The Morgan fingerprint density at radius 2 is 1.94 bits per heavy atom. The van der Waals surface area contributed by atoms with Gasteiger partial charge in [-0.25, -0.2) is 9.97 Å². The fraction of sp³-hybridized carbons (Fsp3) is 0.182. The zero-order valence-electron chi connectivity index (χ0n) is 8.81. The first kappa shape index (κ1) is 11.2.